The monoisotopic (exact) mass is 271 g/mol. The molecule has 0 spiro atoms. The number of halogens is 2. The fourth-order valence-electron chi connectivity index (χ4n) is 0.657. The summed E-state index contributed by atoms with van der Waals surface area (Å²) < 4.78 is 1.59. The Hall–Kier alpha value is 1.24. The summed E-state index contributed by atoms with van der Waals surface area (Å²) >= 11 is 1.58. The van der Waals surface area contributed by atoms with Gasteiger partial charge in [0.1, 0.15) is 0 Å². The van der Waals surface area contributed by atoms with Gasteiger partial charge >= 0.3 is 66.7 Å². The van der Waals surface area contributed by atoms with Gasteiger partial charge in [-0.05, 0) is 0 Å². The zero-order chi connectivity index (χ0) is 6.15. The van der Waals surface area contributed by atoms with Crippen molar-refractivity contribution < 1.29 is 49.5 Å². The van der Waals surface area contributed by atoms with Gasteiger partial charge in [-0.2, -0.15) is 0 Å². The summed E-state index contributed by atoms with van der Waals surface area (Å²) in [6, 6.07) is 0. The topological polar surface area (TPSA) is 0 Å². The summed E-state index contributed by atoms with van der Waals surface area (Å²) in [5.41, 5.74) is 1.51. The fourth-order valence-corrected chi connectivity index (χ4v) is 2.64. The van der Waals surface area contributed by atoms with E-state index in [1.54, 1.807) is 33.3 Å². The summed E-state index contributed by atoms with van der Waals surface area (Å²) in [5, 5.41) is 1.60. The Balaban J connectivity index is 0. The molecule has 0 nitrogen and oxygen atoms in total. The molecule has 1 atom stereocenters. The first-order valence-corrected chi connectivity index (χ1v) is 4.88. The third-order valence-electron chi connectivity index (χ3n) is 1.27. The SMILES string of the molecule is Cc1c[pH]c(C)[c]1[Zr+2].[Cl-].[Cl-]. The Morgan fingerprint density at radius 2 is 1.80 bits per heavy atom. The van der Waals surface area contributed by atoms with Crippen LogP contribution in [0.1, 0.15) is 10.9 Å². The van der Waals surface area contributed by atoms with Crippen molar-refractivity contribution in [1.29, 1.82) is 0 Å². The van der Waals surface area contributed by atoms with E-state index in [1.807, 2.05) is 0 Å². The number of aryl methyl sites for hydroxylation is 2. The van der Waals surface area contributed by atoms with Crippen LogP contribution in [0.25, 0.3) is 0 Å². The molecule has 55 valence electrons. The molecule has 0 aliphatic heterocycles. The molecule has 1 aromatic rings. The van der Waals surface area contributed by atoms with Crippen molar-refractivity contribution in [3.63, 3.8) is 0 Å². The van der Waals surface area contributed by atoms with E-state index in [1.165, 1.54) is 5.56 Å². The van der Waals surface area contributed by atoms with Crippen LogP contribution in [0.3, 0.4) is 0 Å². The Labute approximate surface area is 90.9 Å². The van der Waals surface area contributed by atoms with Crippen LogP contribution in [0, 0.1) is 13.8 Å². The second-order valence-corrected chi connectivity index (χ2v) is 4.53. The van der Waals surface area contributed by atoms with E-state index < -0.39 is 0 Å². The molecule has 0 aromatic carbocycles. The molecule has 0 aliphatic rings. The van der Waals surface area contributed by atoms with Gasteiger partial charge < -0.3 is 24.8 Å². The minimum atomic E-state index is 0. The van der Waals surface area contributed by atoms with Crippen LogP contribution in [0.5, 0.6) is 0 Å². The van der Waals surface area contributed by atoms with E-state index >= 15 is 0 Å². The maximum Gasteiger partial charge on any atom is -1.00 e. The first kappa shape index (κ1) is 13.8. The first-order valence-electron chi connectivity index (χ1n) is 2.58. The maximum atomic E-state index is 2.33. The van der Waals surface area contributed by atoms with Crippen LogP contribution in [0.2, 0.25) is 0 Å². The van der Waals surface area contributed by atoms with Gasteiger partial charge in [0.25, 0.3) is 0 Å². The average Bonchev–Trinajstić information content (AvgIpc) is 1.98. The molecular weight excluding hydrogens is 265 g/mol. The molecule has 0 radical (unpaired) electrons. The zero-order valence-corrected chi connectivity index (χ0v) is 10.8. The summed E-state index contributed by atoms with van der Waals surface area (Å²) in [6.07, 6.45) is 0. The second-order valence-electron chi connectivity index (χ2n) is 1.97. The summed E-state index contributed by atoms with van der Waals surface area (Å²) in [6.45, 7) is 4.43. The van der Waals surface area contributed by atoms with Gasteiger partial charge in [-0.3, -0.25) is 0 Å². The molecule has 0 amide bonds. The van der Waals surface area contributed by atoms with Crippen molar-refractivity contribution in [2.75, 3.05) is 0 Å². The largest absolute Gasteiger partial charge is 1.00 e. The molecule has 0 bridgehead atoms. The van der Waals surface area contributed by atoms with Gasteiger partial charge in [0.2, 0.25) is 0 Å². The van der Waals surface area contributed by atoms with E-state index in [-0.39, 0.29) is 24.8 Å². The number of rotatable bonds is 0. The maximum absolute atomic E-state index is 2.33. The van der Waals surface area contributed by atoms with Crippen molar-refractivity contribution in [3.8, 4) is 0 Å². The summed E-state index contributed by atoms with van der Waals surface area (Å²) in [7, 11) is 0.983. The first-order chi connectivity index (χ1) is 3.72. The second kappa shape index (κ2) is 5.84. The van der Waals surface area contributed by atoms with Gasteiger partial charge in [-0.1, -0.05) is 0 Å². The third kappa shape index (κ3) is 3.10. The van der Waals surface area contributed by atoms with Gasteiger partial charge in [0.05, 0.1) is 0 Å². The minimum absolute atomic E-state index is 0. The molecule has 0 N–H and O–H groups in total. The van der Waals surface area contributed by atoms with E-state index in [2.05, 4.69) is 19.6 Å². The predicted molar refractivity (Wildman–Crippen MR) is 35.1 cm³/mol. The van der Waals surface area contributed by atoms with Gasteiger partial charge in [0, 0.05) is 0 Å². The van der Waals surface area contributed by atoms with E-state index in [0.717, 1.165) is 8.19 Å². The molecule has 0 fully saturated rings. The van der Waals surface area contributed by atoms with Gasteiger partial charge in [-0.25, -0.2) is 0 Å². The fraction of sp³-hybridized carbons (Fsp3) is 0.333. The Bertz CT molecular complexity index is 178. The van der Waals surface area contributed by atoms with Crippen LogP contribution in [-0.4, -0.2) is 0 Å². The molecule has 0 aliphatic carbocycles. The van der Waals surface area contributed by atoms with Crippen molar-refractivity contribution in [1.82, 2.24) is 0 Å². The Morgan fingerprint density at radius 3 is 1.90 bits per heavy atom. The van der Waals surface area contributed by atoms with Crippen LogP contribution in [-0.2, 0) is 24.7 Å². The molecular formula is C6H8Cl2PZr. The van der Waals surface area contributed by atoms with Gasteiger partial charge in [-0.15, -0.1) is 0 Å². The molecule has 1 aromatic heterocycles. The molecule has 1 heterocycles. The number of hydrogen-bond donors (Lipinski definition) is 0. The molecule has 0 saturated carbocycles. The third-order valence-corrected chi connectivity index (χ3v) is 5.04. The summed E-state index contributed by atoms with van der Waals surface area (Å²) in [4.78, 5) is 0. The van der Waals surface area contributed by atoms with Crippen LogP contribution < -0.4 is 28.1 Å². The van der Waals surface area contributed by atoms with Crippen molar-refractivity contribution >= 4 is 11.5 Å². The van der Waals surface area contributed by atoms with Crippen LogP contribution in [0.15, 0.2) is 5.80 Å². The normalized spacial score (nSPS) is 8.80. The Morgan fingerprint density at radius 1 is 1.30 bits per heavy atom. The number of hydrogen-bond acceptors (Lipinski definition) is 0. The van der Waals surface area contributed by atoms with Crippen molar-refractivity contribution in [3.05, 3.63) is 16.7 Å². The zero-order valence-electron chi connectivity index (χ0n) is 5.83. The van der Waals surface area contributed by atoms with Crippen molar-refractivity contribution in [2.45, 2.75) is 13.8 Å². The van der Waals surface area contributed by atoms with Crippen molar-refractivity contribution in [2.24, 2.45) is 0 Å². The quantitative estimate of drug-likeness (QED) is 0.447. The molecule has 1 rings (SSSR count). The molecule has 4 heteroatoms. The predicted octanol–water partition coefficient (Wildman–Crippen LogP) is -4.49. The van der Waals surface area contributed by atoms with Crippen LogP contribution in [0.4, 0.5) is 0 Å². The molecule has 1 unspecified atom stereocenters. The van der Waals surface area contributed by atoms with E-state index in [4.69, 9.17) is 0 Å². The molecule has 10 heavy (non-hydrogen) atoms. The molecule has 0 saturated heterocycles. The van der Waals surface area contributed by atoms with E-state index in [9.17, 15) is 0 Å². The van der Waals surface area contributed by atoms with Gasteiger partial charge in [0.15, 0.2) is 0 Å². The smallest absolute Gasteiger partial charge is 1.00 e. The van der Waals surface area contributed by atoms with Crippen LogP contribution >= 0.6 is 8.19 Å². The summed E-state index contributed by atoms with van der Waals surface area (Å²) in [5.74, 6) is 2.33. The standard InChI is InChI=1S/C6H8P.2ClH.Zr/c1-5-3-6(2)7-4-5;;;/h4,7H,1-2H3;2*1H;/q;;;+2/p-2. The Kier molecular flexibility index (Phi) is 8.06. The minimum Gasteiger partial charge on any atom is -1.00 e. The average molecular weight is 273 g/mol. The van der Waals surface area contributed by atoms with E-state index in [0.29, 0.717) is 0 Å².